The summed E-state index contributed by atoms with van der Waals surface area (Å²) in [5, 5.41) is 17.8. The lowest BCUT2D eigenvalue weighted by atomic mass is 9.91. The average Bonchev–Trinajstić information content (AvgIpc) is 2.74. The summed E-state index contributed by atoms with van der Waals surface area (Å²) >= 11 is 0. The second-order valence-corrected chi connectivity index (χ2v) is 7.80. The molecule has 2 aromatic rings. The zero-order valence-electron chi connectivity index (χ0n) is 17.4. The van der Waals surface area contributed by atoms with Gasteiger partial charge in [-0.05, 0) is 60.8 Å². The molecule has 0 aliphatic heterocycles. The minimum atomic E-state index is 0.320. The van der Waals surface area contributed by atoms with Crippen molar-refractivity contribution >= 4 is 0 Å². The smallest absolute Gasteiger partial charge is 0.0431 e. The molecule has 0 aromatic heterocycles. The maximum absolute atomic E-state index is 8.89. The third-order valence-corrected chi connectivity index (χ3v) is 5.53. The standard InChI is InChI=1S/C26H38O2/c27-21-13-5-1-3-7-15-23-17-9-11-19-25(23)26-20-12-10-18-24(26)16-8-4-2-6-14-22-28/h9-12,17-20,27-28H,1-8,13-16,21-22H2. The number of aliphatic hydroxyl groups excluding tert-OH is 2. The van der Waals surface area contributed by atoms with Crippen LogP contribution in [0.15, 0.2) is 48.5 Å². The van der Waals surface area contributed by atoms with Gasteiger partial charge in [0.25, 0.3) is 0 Å². The van der Waals surface area contributed by atoms with E-state index in [0.717, 1.165) is 38.5 Å². The highest BCUT2D eigenvalue weighted by Crippen LogP contribution is 2.29. The lowest BCUT2D eigenvalue weighted by molar-refractivity contribution is 0.282. The number of benzene rings is 2. The molecule has 0 aliphatic carbocycles. The molecule has 28 heavy (non-hydrogen) atoms. The lowest BCUT2D eigenvalue weighted by Crippen LogP contribution is -1.96. The first kappa shape index (κ1) is 22.6. The van der Waals surface area contributed by atoms with Crippen molar-refractivity contribution in [1.29, 1.82) is 0 Å². The van der Waals surface area contributed by atoms with E-state index in [1.807, 2.05) is 0 Å². The van der Waals surface area contributed by atoms with Gasteiger partial charge in [0, 0.05) is 13.2 Å². The predicted molar refractivity (Wildman–Crippen MR) is 120 cm³/mol. The molecular weight excluding hydrogens is 344 g/mol. The summed E-state index contributed by atoms with van der Waals surface area (Å²) in [5.41, 5.74) is 5.71. The van der Waals surface area contributed by atoms with Gasteiger partial charge in [0.15, 0.2) is 0 Å². The van der Waals surface area contributed by atoms with Crippen molar-refractivity contribution in [3.05, 3.63) is 59.7 Å². The van der Waals surface area contributed by atoms with Gasteiger partial charge >= 0.3 is 0 Å². The van der Waals surface area contributed by atoms with Crippen LogP contribution in [0, 0.1) is 0 Å². The molecule has 2 nitrogen and oxygen atoms in total. The molecule has 2 heteroatoms. The average molecular weight is 383 g/mol. The Kier molecular flexibility index (Phi) is 11.6. The third kappa shape index (κ3) is 8.16. The van der Waals surface area contributed by atoms with Gasteiger partial charge in [0.05, 0.1) is 0 Å². The van der Waals surface area contributed by atoms with Crippen LogP contribution in [-0.2, 0) is 12.8 Å². The fourth-order valence-corrected chi connectivity index (χ4v) is 3.92. The Morgan fingerprint density at radius 1 is 0.429 bits per heavy atom. The van der Waals surface area contributed by atoms with Crippen molar-refractivity contribution in [2.45, 2.75) is 77.0 Å². The summed E-state index contributed by atoms with van der Waals surface area (Å²) in [6, 6.07) is 17.8. The van der Waals surface area contributed by atoms with E-state index in [1.54, 1.807) is 0 Å². The Balaban J connectivity index is 1.95. The van der Waals surface area contributed by atoms with Crippen molar-refractivity contribution in [3.8, 4) is 11.1 Å². The Labute approximate surface area is 171 Å². The molecule has 0 unspecified atom stereocenters. The van der Waals surface area contributed by atoms with Crippen LogP contribution in [0.5, 0.6) is 0 Å². The van der Waals surface area contributed by atoms with Crippen LogP contribution in [0.25, 0.3) is 11.1 Å². The Morgan fingerprint density at radius 3 is 1.21 bits per heavy atom. The van der Waals surface area contributed by atoms with Crippen molar-refractivity contribution in [2.24, 2.45) is 0 Å². The van der Waals surface area contributed by atoms with Gasteiger partial charge in [-0.2, -0.15) is 0 Å². The van der Waals surface area contributed by atoms with E-state index >= 15 is 0 Å². The maximum atomic E-state index is 8.89. The minimum Gasteiger partial charge on any atom is -0.396 e. The van der Waals surface area contributed by atoms with E-state index in [4.69, 9.17) is 10.2 Å². The topological polar surface area (TPSA) is 40.5 Å². The van der Waals surface area contributed by atoms with Crippen LogP contribution < -0.4 is 0 Å². The number of hydrogen-bond donors (Lipinski definition) is 2. The fraction of sp³-hybridized carbons (Fsp3) is 0.538. The number of rotatable bonds is 15. The third-order valence-electron chi connectivity index (χ3n) is 5.53. The Morgan fingerprint density at radius 2 is 0.786 bits per heavy atom. The first-order chi connectivity index (χ1) is 13.9. The van der Waals surface area contributed by atoms with Crippen LogP contribution in [0.1, 0.15) is 75.3 Å². The molecule has 0 amide bonds. The minimum absolute atomic E-state index is 0.320. The number of unbranched alkanes of at least 4 members (excludes halogenated alkanes) is 8. The summed E-state index contributed by atoms with van der Waals surface area (Å²) in [6.07, 6.45) is 13.8. The van der Waals surface area contributed by atoms with E-state index in [2.05, 4.69) is 48.5 Å². The van der Waals surface area contributed by atoms with Crippen LogP contribution in [0.4, 0.5) is 0 Å². The molecule has 0 saturated carbocycles. The van der Waals surface area contributed by atoms with Crippen molar-refractivity contribution < 1.29 is 10.2 Å². The molecule has 2 rings (SSSR count). The second-order valence-electron chi connectivity index (χ2n) is 7.80. The summed E-state index contributed by atoms with van der Waals surface area (Å²) in [4.78, 5) is 0. The van der Waals surface area contributed by atoms with E-state index in [0.29, 0.717) is 13.2 Å². The molecule has 2 N–H and O–H groups in total. The molecule has 154 valence electrons. The molecule has 0 radical (unpaired) electrons. The molecule has 0 atom stereocenters. The quantitative estimate of drug-likeness (QED) is 0.354. The molecule has 2 aromatic carbocycles. The van der Waals surface area contributed by atoms with Gasteiger partial charge in [-0.15, -0.1) is 0 Å². The largest absolute Gasteiger partial charge is 0.396 e. The number of hydrogen-bond acceptors (Lipinski definition) is 2. The van der Waals surface area contributed by atoms with E-state index in [-0.39, 0.29) is 0 Å². The van der Waals surface area contributed by atoms with Crippen LogP contribution in [0.3, 0.4) is 0 Å². The van der Waals surface area contributed by atoms with E-state index in [9.17, 15) is 0 Å². The fourth-order valence-electron chi connectivity index (χ4n) is 3.92. The molecule has 0 heterocycles. The van der Waals surface area contributed by atoms with Crippen LogP contribution in [0.2, 0.25) is 0 Å². The molecule has 0 bridgehead atoms. The van der Waals surface area contributed by atoms with Crippen molar-refractivity contribution in [3.63, 3.8) is 0 Å². The zero-order valence-corrected chi connectivity index (χ0v) is 17.4. The Hall–Kier alpha value is -1.64. The normalized spacial score (nSPS) is 11.1. The number of aliphatic hydroxyl groups is 2. The molecule has 0 saturated heterocycles. The maximum Gasteiger partial charge on any atom is 0.0431 e. The first-order valence-corrected chi connectivity index (χ1v) is 11.2. The van der Waals surface area contributed by atoms with Gasteiger partial charge in [-0.25, -0.2) is 0 Å². The second kappa shape index (κ2) is 14.4. The molecule has 0 fully saturated rings. The summed E-state index contributed by atoms with van der Waals surface area (Å²) in [6.45, 7) is 0.641. The zero-order chi connectivity index (χ0) is 19.9. The SMILES string of the molecule is OCCCCCCCc1ccccc1-c1ccccc1CCCCCCCO. The summed E-state index contributed by atoms with van der Waals surface area (Å²) in [5.74, 6) is 0. The van der Waals surface area contributed by atoms with Gasteiger partial charge in [0.2, 0.25) is 0 Å². The van der Waals surface area contributed by atoms with Gasteiger partial charge in [-0.1, -0.05) is 87.1 Å². The first-order valence-electron chi connectivity index (χ1n) is 11.2. The monoisotopic (exact) mass is 382 g/mol. The molecule has 0 aliphatic rings. The number of aryl methyl sites for hydroxylation is 2. The van der Waals surface area contributed by atoms with Crippen LogP contribution in [-0.4, -0.2) is 23.4 Å². The highest BCUT2D eigenvalue weighted by atomic mass is 16.3. The van der Waals surface area contributed by atoms with Crippen molar-refractivity contribution in [1.82, 2.24) is 0 Å². The Bertz CT molecular complexity index is 593. The van der Waals surface area contributed by atoms with E-state index < -0.39 is 0 Å². The van der Waals surface area contributed by atoms with Gasteiger partial charge in [0.1, 0.15) is 0 Å². The van der Waals surface area contributed by atoms with E-state index in [1.165, 1.54) is 60.8 Å². The van der Waals surface area contributed by atoms with Gasteiger partial charge in [-0.3, -0.25) is 0 Å². The lowest BCUT2D eigenvalue weighted by Gasteiger charge is -2.14. The highest BCUT2D eigenvalue weighted by Gasteiger charge is 2.09. The predicted octanol–water partition coefficient (Wildman–Crippen LogP) is 6.32. The van der Waals surface area contributed by atoms with Crippen LogP contribution >= 0.6 is 0 Å². The summed E-state index contributed by atoms with van der Waals surface area (Å²) in [7, 11) is 0. The van der Waals surface area contributed by atoms with Crippen molar-refractivity contribution in [2.75, 3.05) is 13.2 Å². The molecule has 0 spiro atoms. The molecular formula is C26H38O2. The van der Waals surface area contributed by atoms with Gasteiger partial charge < -0.3 is 10.2 Å². The summed E-state index contributed by atoms with van der Waals surface area (Å²) < 4.78 is 0. The highest BCUT2D eigenvalue weighted by molar-refractivity contribution is 5.70.